The van der Waals surface area contributed by atoms with E-state index >= 15 is 0 Å². The molecule has 1 aromatic heterocycles. The Balaban J connectivity index is 2.28. The molecule has 0 aliphatic heterocycles. The number of hydrogen-bond donors (Lipinski definition) is 0. The van der Waals surface area contributed by atoms with Gasteiger partial charge in [-0.3, -0.25) is 4.79 Å². The zero-order chi connectivity index (χ0) is 15.6. The van der Waals surface area contributed by atoms with Crippen molar-refractivity contribution in [3.8, 4) is 0 Å². The molecule has 6 heteroatoms. The maximum atomic E-state index is 13.8. The molecule has 1 atom stereocenters. The summed E-state index contributed by atoms with van der Waals surface area (Å²) in [7, 11) is 1.50. The van der Waals surface area contributed by atoms with E-state index in [1.807, 2.05) is 0 Å². The number of pyridine rings is 1. The van der Waals surface area contributed by atoms with Crippen molar-refractivity contribution in [2.45, 2.75) is 13.0 Å². The van der Waals surface area contributed by atoms with E-state index in [0.717, 1.165) is 18.2 Å². The molecule has 0 bridgehead atoms. The van der Waals surface area contributed by atoms with Gasteiger partial charge in [0.15, 0.2) is 0 Å². The quantitative estimate of drug-likeness (QED) is 0.807. The van der Waals surface area contributed by atoms with Gasteiger partial charge in [-0.2, -0.15) is 0 Å². The number of benzene rings is 1. The Bertz CT molecular complexity index is 678. The second kappa shape index (κ2) is 6.18. The Kier molecular flexibility index (Phi) is 4.53. The molecular formula is C15H13ClF2N2O. The van der Waals surface area contributed by atoms with Crippen LogP contribution in [-0.4, -0.2) is 22.8 Å². The first-order valence-electron chi connectivity index (χ1n) is 6.25. The lowest BCUT2D eigenvalue weighted by Gasteiger charge is -2.25. The van der Waals surface area contributed by atoms with Crippen LogP contribution in [0.2, 0.25) is 5.15 Å². The fourth-order valence-electron chi connectivity index (χ4n) is 1.93. The van der Waals surface area contributed by atoms with Crippen molar-refractivity contribution in [1.29, 1.82) is 0 Å². The van der Waals surface area contributed by atoms with E-state index in [4.69, 9.17) is 11.6 Å². The third-order valence-corrected chi connectivity index (χ3v) is 3.45. The van der Waals surface area contributed by atoms with E-state index < -0.39 is 23.6 Å². The van der Waals surface area contributed by atoms with Gasteiger partial charge in [-0.1, -0.05) is 17.7 Å². The summed E-state index contributed by atoms with van der Waals surface area (Å²) in [5.74, 6) is -1.55. The summed E-state index contributed by atoms with van der Waals surface area (Å²) in [6.07, 6.45) is 0. The number of aromatic nitrogens is 1. The fourth-order valence-corrected chi connectivity index (χ4v) is 2.09. The zero-order valence-electron chi connectivity index (χ0n) is 11.5. The van der Waals surface area contributed by atoms with Gasteiger partial charge >= 0.3 is 0 Å². The first kappa shape index (κ1) is 15.4. The summed E-state index contributed by atoms with van der Waals surface area (Å²) in [5.41, 5.74) is 0.251. The lowest BCUT2D eigenvalue weighted by atomic mass is 10.1. The van der Waals surface area contributed by atoms with Crippen molar-refractivity contribution >= 4 is 17.5 Å². The summed E-state index contributed by atoms with van der Waals surface area (Å²) in [6.45, 7) is 1.61. The highest BCUT2D eigenvalue weighted by molar-refractivity contribution is 6.29. The molecule has 1 amide bonds. The molecule has 0 fully saturated rings. The monoisotopic (exact) mass is 310 g/mol. The topological polar surface area (TPSA) is 33.2 Å². The number of carbonyl (C=O) groups excluding carboxylic acids is 1. The second-order valence-electron chi connectivity index (χ2n) is 4.60. The lowest BCUT2D eigenvalue weighted by Crippen LogP contribution is -2.30. The predicted octanol–water partition coefficient (Wildman–Crippen LogP) is 3.85. The summed E-state index contributed by atoms with van der Waals surface area (Å²) in [4.78, 5) is 17.5. The number of amides is 1. The Morgan fingerprint density at radius 2 is 2.00 bits per heavy atom. The van der Waals surface area contributed by atoms with Gasteiger partial charge in [0.1, 0.15) is 22.5 Å². The molecule has 0 N–H and O–H groups in total. The SMILES string of the molecule is CC(c1cc(F)ccc1F)N(C)C(=O)c1cccc(Cl)n1. The van der Waals surface area contributed by atoms with Crippen LogP contribution in [0.4, 0.5) is 8.78 Å². The highest BCUT2D eigenvalue weighted by atomic mass is 35.5. The van der Waals surface area contributed by atoms with E-state index in [2.05, 4.69) is 4.98 Å². The fraction of sp³-hybridized carbons (Fsp3) is 0.200. The molecule has 1 heterocycles. The number of nitrogens with zero attached hydrogens (tertiary/aromatic N) is 2. The lowest BCUT2D eigenvalue weighted by molar-refractivity contribution is 0.0734. The summed E-state index contributed by atoms with van der Waals surface area (Å²) < 4.78 is 27.0. The van der Waals surface area contributed by atoms with Crippen LogP contribution < -0.4 is 0 Å². The maximum absolute atomic E-state index is 13.8. The van der Waals surface area contributed by atoms with Crippen LogP contribution in [0.25, 0.3) is 0 Å². The van der Waals surface area contributed by atoms with Crippen LogP contribution in [0.3, 0.4) is 0 Å². The Hall–Kier alpha value is -2.01. The van der Waals surface area contributed by atoms with Gasteiger partial charge < -0.3 is 4.90 Å². The summed E-state index contributed by atoms with van der Waals surface area (Å²) in [6, 6.07) is 7.17. The van der Waals surface area contributed by atoms with Crippen molar-refractivity contribution < 1.29 is 13.6 Å². The number of halogens is 3. The average molecular weight is 311 g/mol. The van der Waals surface area contributed by atoms with E-state index in [-0.39, 0.29) is 16.4 Å². The minimum atomic E-state index is -0.644. The molecule has 2 rings (SSSR count). The molecule has 0 saturated carbocycles. The minimum Gasteiger partial charge on any atom is -0.333 e. The van der Waals surface area contributed by atoms with Crippen LogP contribution in [0, 0.1) is 11.6 Å². The third kappa shape index (κ3) is 3.36. The highest BCUT2D eigenvalue weighted by Gasteiger charge is 2.22. The van der Waals surface area contributed by atoms with Gasteiger partial charge in [0.25, 0.3) is 5.91 Å². The molecular weight excluding hydrogens is 298 g/mol. The number of carbonyl (C=O) groups is 1. The minimum absolute atomic E-state index is 0.105. The van der Waals surface area contributed by atoms with Gasteiger partial charge in [-0.15, -0.1) is 0 Å². The van der Waals surface area contributed by atoms with E-state index in [9.17, 15) is 13.6 Å². The normalized spacial score (nSPS) is 12.0. The van der Waals surface area contributed by atoms with Gasteiger partial charge in [-0.05, 0) is 37.3 Å². The van der Waals surface area contributed by atoms with Crippen molar-refractivity contribution in [3.05, 3.63) is 64.4 Å². The Morgan fingerprint density at radius 1 is 1.29 bits per heavy atom. The molecule has 0 saturated heterocycles. The summed E-state index contributed by atoms with van der Waals surface area (Å²) in [5, 5.41) is 0.193. The maximum Gasteiger partial charge on any atom is 0.272 e. The molecule has 2 aromatic rings. The molecule has 0 aliphatic carbocycles. The third-order valence-electron chi connectivity index (χ3n) is 3.24. The van der Waals surface area contributed by atoms with Gasteiger partial charge in [0.2, 0.25) is 0 Å². The van der Waals surface area contributed by atoms with Crippen LogP contribution in [0.1, 0.15) is 29.0 Å². The van der Waals surface area contributed by atoms with Crippen molar-refractivity contribution in [1.82, 2.24) is 9.88 Å². The van der Waals surface area contributed by atoms with Crippen molar-refractivity contribution in [2.24, 2.45) is 0 Å². The van der Waals surface area contributed by atoms with Crippen molar-refractivity contribution in [3.63, 3.8) is 0 Å². The van der Waals surface area contributed by atoms with Crippen molar-refractivity contribution in [2.75, 3.05) is 7.05 Å². The smallest absolute Gasteiger partial charge is 0.272 e. The van der Waals surface area contributed by atoms with Crippen LogP contribution >= 0.6 is 11.6 Å². The molecule has 1 unspecified atom stereocenters. The van der Waals surface area contributed by atoms with Gasteiger partial charge in [0, 0.05) is 12.6 Å². The van der Waals surface area contributed by atoms with E-state index in [0.29, 0.717) is 0 Å². The van der Waals surface area contributed by atoms with Gasteiger partial charge in [-0.25, -0.2) is 13.8 Å². The van der Waals surface area contributed by atoms with E-state index in [1.54, 1.807) is 19.1 Å². The number of rotatable bonds is 3. The van der Waals surface area contributed by atoms with Crippen LogP contribution in [0.5, 0.6) is 0 Å². The predicted molar refractivity (Wildman–Crippen MR) is 76.1 cm³/mol. The molecule has 21 heavy (non-hydrogen) atoms. The summed E-state index contributed by atoms with van der Waals surface area (Å²) >= 11 is 5.74. The van der Waals surface area contributed by atoms with Gasteiger partial charge in [0.05, 0.1) is 6.04 Å². The molecule has 0 radical (unpaired) electrons. The van der Waals surface area contributed by atoms with Crippen LogP contribution in [-0.2, 0) is 0 Å². The standard InChI is InChI=1S/C15H13ClF2N2O/c1-9(11-8-10(17)6-7-12(11)18)20(2)15(21)13-4-3-5-14(16)19-13/h3-9H,1-2H3. The molecule has 1 aromatic carbocycles. The molecule has 110 valence electrons. The second-order valence-corrected chi connectivity index (χ2v) is 4.99. The molecule has 0 spiro atoms. The number of hydrogen-bond acceptors (Lipinski definition) is 2. The van der Waals surface area contributed by atoms with Crippen LogP contribution in [0.15, 0.2) is 36.4 Å². The Labute approximate surface area is 126 Å². The Morgan fingerprint density at radius 3 is 2.67 bits per heavy atom. The first-order chi connectivity index (χ1) is 9.90. The largest absolute Gasteiger partial charge is 0.333 e. The zero-order valence-corrected chi connectivity index (χ0v) is 12.2. The highest BCUT2D eigenvalue weighted by Crippen LogP contribution is 2.24. The molecule has 0 aliphatic rings. The molecule has 3 nitrogen and oxygen atoms in total. The van der Waals surface area contributed by atoms with E-state index in [1.165, 1.54) is 18.0 Å². The average Bonchev–Trinajstić information content (AvgIpc) is 2.47. The first-order valence-corrected chi connectivity index (χ1v) is 6.62.